The van der Waals surface area contributed by atoms with E-state index in [1.807, 2.05) is 57.2 Å². The van der Waals surface area contributed by atoms with Crippen LogP contribution in [0.15, 0.2) is 66.2 Å². The van der Waals surface area contributed by atoms with Gasteiger partial charge in [0.2, 0.25) is 0 Å². The summed E-state index contributed by atoms with van der Waals surface area (Å²) in [4.78, 5) is 33.0. The van der Waals surface area contributed by atoms with E-state index in [0.717, 1.165) is 26.9 Å². The zero-order valence-electron chi connectivity index (χ0n) is 19.8. The Morgan fingerprint density at radius 2 is 1.71 bits per heavy atom. The highest BCUT2D eigenvalue weighted by molar-refractivity contribution is 7.22. The van der Waals surface area contributed by atoms with E-state index < -0.39 is 17.7 Å². The summed E-state index contributed by atoms with van der Waals surface area (Å²) in [5.74, 6) is -1.21. The Kier molecular flexibility index (Phi) is 5.65. The van der Waals surface area contributed by atoms with Gasteiger partial charge in [-0.15, -0.1) is 0 Å². The number of hydrogen-bond donors (Lipinski definition) is 1. The number of rotatable bonds is 4. The van der Waals surface area contributed by atoms with E-state index in [2.05, 4.69) is 0 Å². The fourth-order valence-electron chi connectivity index (χ4n) is 4.55. The van der Waals surface area contributed by atoms with Crippen LogP contribution in [-0.4, -0.2) is 28.9 Å². The first-order chi connectivity index (χ1) is 16.8. The maximum absolute atomic E-state index is 13.5. The first-order valence-electron chi connectivity index (χ1n) is 11.2. The van der Waals surface area contributed by atoms with Crippen LogP contribution in [-0.2, 0) is 9.59 Å². The number of ether oxygens (including phenoxy) is 1. The Morgan fingerprint density at radius 1 is 1.00 bits per heavy atom. The number of aliphatic hydroxyl groups excluding tert-OH is 1. The number of hydrogen-bond acceptors (Lipinski definition) is 6. The topological polar surface area (TPSA) is 79.7 Å². The van der Waals surface area contributed by atoms with Gasteiger partial charge in [0.05, 0.1) is 22.9 Å². The van der Waals surface area contributed by atoms with Crippen LogP contribution in [0.2, 0.25) is 0 Å². The summed E-state index contributed by atoms with van der Waals surface area (Å²) in [6.07, 6.45) is 0. The van der Waals surface area contributed by atoms with Crippen molar-refractivity contribution in [2.24, 2.45) is 0 Å². The van der Waals surface area contributed by atoms with E-state index in [-0.39, 0.29) is 11.3 Å². The number of nitrogens with zero attached hydrogens (tertiary/aromatic N) is 2. The normalized spacial score (nSPS) is 17.4. The summed E-state index contributed by atoms with van der Waals surface area (Å²) in [6, 6.07) is 17.5. The van der Waals surface area contributed by atoms with Crippen molar-refractivity contribution in [3.8, 4) is 5.75 Å². The molecular formula is C28H24N2O4S. The fourth-order valence-corrected chi connectivity index (χ4v) is 5.71. The predicted molar refractivity (Wildman–Crippen MR) is 138 cm³/mol. The highest BCUT2D eigenvalue weighted by atomic mass is 32.1. The largest absolute Gasteiger partial charge is 0.507 e. The Bertz CT molecular complexity index is 1520. The molecule has 0 bridgehead atoms. The molecule has 176 valence electrons. The quantitative estimate of drug-likeness (QED) is 0.223. The molecule has 2 heterocycles. The zero-order chi connectivity index (χ0) is 24.9. The summed E-state index contributed by atoms with van der Waals surface area (Å²) >= 11 is 1.35. The number of para-hydroxylation sites is 1. The lowest BCUT2D eigenvalue weighted by Gasteiger charge is -2.24. The van der Waals surface area contributed by atoms with Gasteiger partial charge >= 0.3 is 5.91 Å². The number of methoxy groups -OCH3 is 1. The number of aliphatic hydroxyl groups is 1. The molecule has 1 unspecified atom stereocenters. The van der Waals surface area contributed by atoms with Gasteiger partial charge < -0.3 is 9.84 Å². The van der Waals surface area contributed by atoms with Crippen LogP contribution in [0.25, 0.3) is 16.0 Å². The first kappa shape index (κ1) is 22.8. The Balaban J connectivity index is 1.77. The average Bonchev–Trinajstić information content (AvgIpc) is 3.37. The predicted octanol–water partition coefficient (Wildman–Crippen LogP) is 5.86. The van der Waals surface area contributed by atoms with Gasteiger partial charge in [-0.3, -0.25) is 14.5 Å². The highest BCUT2D eigenvalue weighted by Gasteiger charge is 2.49. The van der Waals surface area contributed by atoms with Gasteiger partial charge in [-0.05, 0) is 44.0 Å². The van der Waals surface area contributed by atoms with E-state index in [4.69, 9.17) is 9.72 Å². The van der Waals surface area contributed by atoms with Gasteiger partial charge in [0, 0.05) is 11.1 Å². The summed E-state index contributed by atoms with van der Waals surface area (Å²) in [7, 11) is 1.54. The van der Waals surface area contributed by atoms with E-state index in [1.165, 1.54) is 23.3 Å². The molecule has 1 atom stereocenters. The molecule has 0 aliphatic carbocycles. The molecule has 3 aromatic carbocycles. The number of benzene rings is 3. The number of amides is 1. The van der Waals surface area contributed by atoms with Crippen molar-refractivity contribution in [1.29, 1.82) is 0 Å². The third-order valence-corrected chi connectivity index (χ3v) is 7.23. The van der Waals surface area contributed by atoms with Crippen molar-refractivity contribution in [2.45, 2.75) is 26.8 Å². The maximum atomic E-state index is 13.5. The molecule has 35 heavy (non-hydrogen) atoms. The zero-order valence-corrected chi connectivity index (χ0v) is 20.6. The molecule has 7 heteroatoms. The Labute approximate surface area is 207 Å². The number of anilines is 1. The smallest absolute Gasteiger partial charge is 0.301 e. The van der Waals surface area contributed by atoms with Gasteiger partial charge in [-0.1, -0.05) is 65.4 Å². The molecule has 1 saturated heterocycles. The standard InChI is InChI=1S/C28H24N2O4S/c1-15-9-11-18(12-10-15)25(31)22-24(19-7-5-6-8-20(19)34-4)30(27(33)26(22)32)28-29-23-17(3)13-16(2)14-21(23)35-28/h5-14,24,31H,1-4H3/b25-22+. The van der Waals surface area contributed by atoms with Crippen LogP contribution >= 0.6 is 11.3 Å². The van der Waals surface area contributed by atoms with Crippen LogP contribution in [0.5, 0.6) is 5.75 Å². The molecule has 1 aliphatic rings. The Hall–Kier alpha value is -3.97. The van der Waals surface area contributed by atoms with E-state index in [0.29, 0.717) is 22.0 Å². The molecule has 0 saturated carbocycles. The molecule has 1 aliphatic heterocycles. The number of fused-ring (bicyclic) bond motifs is 1. The molecule has 1 amide bonds. The average molecular weight is 485 g/mol. The second-order valence-corrected chi connectivity index (χ2v) is 9.71. The fraction of sp³-hybridized carbons (Fsp3) is 0.179. The monoisotopic (exact) mass is 484 g/mol. The lowest BCUT2D eigenvalue weighted by molar-refractivity contribution is -0.132. The third-order valence-electron chi connectivity index (χ3n) is 6.23. The number of carbonyl (C=O) groups excluding carboxylic acids is 2. The second-order valence-electron chi connectivity index (χ2n) is 8.70. The minimum Gasteiger partial charge on any atom is -0.507 e. The van der Waals surface area contributed by atoms with Crippen molar-refractivity contribution in [2.75, 3.05) is 12.0 Å². The van der Waals surface area contributed by atoms with Gasteiger partial charge in [-0.25, -0.2) is 4.98 Å². The lowest BCUT2D eigenvalue weighted by Crippen LogP contribution is -2.29. The molecule has 1 aromatic heterocycles. The third kappa shape index (κ3) is 3.78. The van der Waals surface area contributed by atoms with Gasteiger partial charge in [0.1, 0.15) is 17.6 Å². The van der Waals surface area contributed by atoms with E-state index in [1.54, 1.807) is 24.3 Å². The number of aromatic nitrogens is 1. The minimum atomic E-state index is -0.894. The SMILES string of the molecule is COc1ccccc1C1/C(=C(\O)c2ccc(C)cc2)C(=O)C(=O)N1c1nc2c(C)cc(C)cc2s1. The molecule has 1 N–H and O–H groups in total. The van der Waals surface area contributed by atoms with Crippen LogP contribution in [0.1, 0.15) is 33.9 Å². The molecular weight excluding hydrogens is 460 g/mol. The van der Waals surface area contributed by atoms with Crippen LogP contribution in [0.3, 0.4) is 0 Å². The molecule has 6 nitrogen and oxygen atoms in total. The number of carbonyl (C=O) groups is 2. The molecule has 0 spiro atoms. The van der Waals surface area contributed by atoms with Gasteiger partial charge in [0.25, 0.3) is 5.78 Å². The van der Waals surface area contributed by atoms with Crippen molar-refractivity contribution < 1.29 is 19.4 Å². The molecule has 5 rings (SSSR count). The van der Waals surface area contributed by atoms with Gasteiger partial charge in [-0.2, -0.15) is 0 Å². The van der Waals surface area contributed by atoms with E-state index >= 15 is 0 Å². The van der Waals surface area contributed by atoms with Crippen molar-refractivity contribution in [1.82, 2.24) is 4.98 Å². The van der Waals surface area contributed by atoms with Crippen molar-refractivity contribution in [3.05, 3.63) is 94.1 Å². The molecule has 0 radical (unpaired) electrons. The van der Waals surface area contributed by atoms with Crippen molar-refractivity contribution >= 4 is 44.1 Å². The summed E-state index contributed by atoms with van der Waals surface area (Å²) in [5.41, 5.74) is 4.95. The maximum Gasteiger partial charge on any atom is 0.301 e. The van der Waals surface area contributed by atoms with Crippen molar-refractivity contribution in [3.63, 3.8) is 0 Å². The van der Waals surface area contributed by atoms with Crippen LogP contribution in [0.4, 0.5) is 5.13 Å². The lowest BCUT2D eigenvalue weighted by atomic mass is 9.94. The summed E-state index contributed by atoms with van der Waals surface area (Å²) in [6.45, 7) is 5.92. The van der Waals surface area contributed by atoms with Crippen LogP contribution in [0, 0.1) is 20.8 Å². The minimum absolute atomic E-state index is 0.00973. The summed E-state index contributed by atoms with van der Waals surface area (Å²) in [5, 5.41) is 11.7. The molecule has 1 fully saturated rings. The van der Waals surface area contributed by atoms with Gasteiger partial charge in [0.15, 0.2) is 5.13 Å². The Morgan fingerprint density at radius 3 is 2.43 bits per heavy atom. The number of ketones is 1. The van der Waals surface area contributed by atoms with E-state index in [9.17, 15) is 14.7 Å². The molecule has 4 aromatic rings. The highest BCUT2D eigenvalue weighted by Crippen LogP contribution is 2.46. The second kappa shape index (κ2) is 8.67. The number of aryl methyl sites for hydroxylation is 3. The number of Topliss-reactive ketones (excluding diaryl/α,β-unsaturated/α-hetero) is 1. The summed E-state index contributed by atoms with van der Waals surface area (Å²) < 4.78 is 6.51. The first-order valence-corrected chi connectivity index (χ1v) is 12.0. The number of thiazole rings is 1. The van der Waals surface area contributed by atoms with Crippen LogP contribution < -0.4 is 9.64 Å².